The summed E-state index contributed by atoms with van der Waals surface area (Å²) in [6, 6.07) is 2.20. The Morgan fingerprint density at radius 3 is 2.96 bits per heavy atom. The Morgan fingerprint density at radius 2 is 2.20 bits per heavy atom. The first-order chi connectivity index (χ1) is 12.2. The summed E-state index contributed by atoms with van der Waals surface area (Å²) < 4.78 is 7.27. The Labute approximate surface area is 144 Å². The third kappa shape index (κ3) is 3.11. The number of rotatable bonds is 5. The van der Waals surface area contributed by atoms with Gasteiger partial charge in [-0.15, -0.1) is 0 Å². The summed E-state index contributed by atoms with van der Waals surface area (Å²) in [6.07, 6.45) is 8.79. The van der Waals surface area contributed by atoms with E-state index in [1.165, 1.54) is 12.8 Å². The van der Waals surface area contributed by atoms with Gasteiger partial charge < -0.3 is 4.74 Å². The molecule has 3 heterocycles. The van der Waals surface area contributed by atoms with Gasteiger partial charge in [-0.25, -0.2) is 19.4 Å². The second kappa shape index (κ2) is 6.62. The zero-order valence-electron chi connectivity index (χ0n) is 14.1. The van der Waals surface area contributed by atoms with Crippen molar-refractivity contribution < 1.29 is 9.53 Å². The van der Waals surface area contributed by atoms with Crippen molar-refractivity contribution in [3.05, 3.63) is 35.7 Å². The predicted octanol–water partition coefficient (Wildman–Crippen LogP) is 2.58. The molecule has 1 N–H and O–H groups in total. The summed E-state index contributed by atoms with van der Waals surface area (Å²) in [5, 5.41) is 12.1. The summed E-state index contributed by atoms with van der Waals surface area (Å²) in [7, 11) is 0. The lowest BCUT2D eigenvalue weighted by atomic mass is 10.2. The van der Waals surface area contributed by atoms with Crippen LogP contribution in [0, 0.1) is 0 Å². The van der Waals surface area contributed by atoms with Gasteiger partial charge >= 0.3 is 5.97 Å². The average Bonchev–Trinajstić information content (AvgIpc) is 3.38. The van der Waals surface area contributed by atoms with Crippen molar-refractivity contribution in [1.82, 2.24) is 29.9 Å². The number of carbonyl (C=O) groups excluding carboxylic acids is 1. The summed E-state index contributed by atoms with van der Waals surface area (Å²) in [5.74, 6) is 0.805. The molecule has 4 rings (SSSR count). The van der Waals surface area contributed by atoms with Crippen molar-refractivity contribution >= 4 is 17.0 Å². The highest BCUT2D eigenvalue weighted by Crippen LogP contribution is 2.31. The summed E-state index contributed by atoms with van der Waals surface area (Å²) in [5.41, 5.74) is 1.24. The first-order valence-electron chi connectivity index (χ1n) is 8.65. The van der Waals surface area contributed by atoms with E-state index in [0.717, 1.165) is 30.3 Å². The molecule has 1 fully saturated rings. The van der Waals surface area contributed by atoms with E-state index in [1.54, 1.807) is 18.5 Å². The molecule has 0 aromatic carbocycles. The fourth-order valence-corrected chi connectivity index (χ4v) is 3.24. The van der Waals surface area contributed by atoms with E-state index < -0.39 is 5.97 Å². The fourth-order valence-electron chi connectivity index (χ4n) is 3.24. The quantitative estimate of drug-likeness (QED) is 0.717. The number of hydrogen-bond acceptors (Lipinski definition) is 6. The van der Waals surface area contributed by atoms with Gasteiger partial charge in [-0.3, -0.25) is 5.10 Å². The molecular weight excluding hydrogens is 320 g/mol. The molecule has 0 bridgehead atoms. The standard InChI is InChI=1S/C17H20N6O2/c1-2-14-20-15(22-21-14)10-25-17(24)12-7-11-9-19-23(16(11)18-8-12)13-5-3-4-6-13/h7-9,13H,2-6,10H2,1H3,(H,20,21,22). The number of nitrogens with zero attached hydrogens (tertiary/aromatic N) is 5. The SMILES string of the molecule is CCc1n[nH]c(COC(=O)c2cnc3c(cnn3C3CCCC3)c2)n1. The van der Waals surface area contributed by atoms with E-state index >= 15 is 0 Å². The largest absolute Gasteiger partial charge is 0.454 e. The van der Waals surface area contributed by atoms with Crippen molar-refractivity contribution in [2.24, 2.45) is 0 Å². The highest BCUT2D eigenvalue weighted by atomic mass is 16.5. The highest BCUT2D eigenvalue weighted by Gasteiger charge is 2.20. The fraction of sp³-hybridized carbons (Fsp3) is 0.471. The Bertz CT molecular complexity index is 894. The van der Waals surface area contributed by atoms with Gasteiger partial charge in [-0.2, -0.15) is 10.2 Å². The monoisotopic (exact) mass is 340 g/mol. The minimum absolute atomic E-state index is 0.0607. The van der Waals surface area contributed by atoms with Crippen LogP contribution in [-0.2, 0) is 17.8 Å². The second-order valence-electron chi connectivity index (χ2n) is 6.29. The van der Waals surface area contributed by atoms with Gasteiger partial charge in [-0.05, 0) is 18.9 Å². The van der Waals surface area contributed by atoms with Crippen LogP contribution in [-0.4, -0.2) is 35.9 Å². The zero-order chi connectivity index (χ0) is 17.2. The maximum absolute atomic E-state index is 12.2. The van der Waals surface area contributed by atoms with Gasteiger partial charge in [0.05, 0.1) is 17.8 Å². The van der Waals surface area contributed by atoms with Gasteiger partial charge in [-0.1, -0.05) is 19.8 Å². The number of aromatic amines is 1. The Kier molecular flexibility index (Phi) is 4.17. The number of nitrogens with one attached hydrogen (secondary N) is 1. The van der Waals surface area contributed by atoms with E-state index in [2.05, 4.69) is 25.3 Å². The lowest BCUT2D eigenvalue weighted by Gasteiger charge is -2.10. The normalized spacial score (nSPS) is 15.1. The molecule has 0 saturated heterocycles. The molecule has 0 radical (unpaired) electrons. The van der Waals surface area contributed by atoms with Crippen LogP contribution < -0.4 is 0 Å². The molecule has 3 aromatic rings. The van der Waals surface area contributed by atoms with Crippen molar-refractivity contribution in [1.29, 1.82) is 0 Å². The van der Waals surface area contributed by atoms with E-state index in [9.17, 15) is 4.79 Å². The molecule has 1 aliphatic carbocycles. The topological polar surface area (TPSA) is 98.6 Å². The van der Waals surface area contributed by atoms with Gasteiger partial charge in [0.2, 0.25) is 0 Å². The number of aryl methyl sites for hydroxylation is 1. The second-order valence-corrected chi connectivity index (χ2v) is 6.29. The van der Waals surface area contributed by atoms with Crippen LogP contribution in [0.2, 0.25) is 0 Å². The lowest BCUT2D eigenvalue weighted by molar-refractivity contribution is 0.0462. The van der Waals surface area contributed by atoms with Crippen LogP contribution in [0.1, 0.15) is 60.7 Å². The number of H-pyrrole nitrogens is 1. The number of esters is 1. The first-order valence-corrected chi connectivity index (χ1v) is 8.65. The number of ether oxygens (including phenoxy) is 1. The van der Waals surface area contributed by atoms with Crippen LogP contribution in [0.5, 0.6) is 0 Å². The molecule has 0 unspecified atom stereocenters. The molecule has 0 atom stereocenters. The van der Waals surface area contributed by atoms with Crippen molar-refractivity contribution in [3.8, 4) is 0 Å². The smallest absolute Gasteiger partial charge is 0.340 e. The molecule has 8 nitrogen and oxygen atoms in total. The minimum Gasteiger partial charge on any atom is -0.454 e. The van der Waals surface area contributed by atoms with Gasteiger partial charge in [0.15, 0.2) is 23.9 Å². The number of fused-ring (bicyclic) bond motifs is 1. The Hall–Kier alpha value is -2.77. The molecule has 25 heavy (non-hydrogen) atoms. The highest BCUT2D eigenvalue weighted by molar-refractivity contribution is 5.92. The molecule has 0 aliphatic heterocycles. The van der Waals surface area contributed by atoms with Crippen LogP contribution in [0.15, 0.2) is 18.5 Å². The van der Waals surface area contributed by atoms with Gasteiger partial charge in [0, 0.05) is 18.0 Å². The maximum atomic E-state index is 12.2. The molecule has 1 saturated carbocycles. The van der Waals surface area contributed by atoms with Gasteiger partial charge in [0.25, 0.3) is 0 Å². The van der Waals surface area contributed by atoms with Crippen LogP contribution in [0.3, 0.4) is 0 Å². The van der Waals surface area contributed by atoms with Crippen LogP contribution in [0.25, 0.3) is 11.0 Å². The predicted molar refractivity (Wildman–Crippen MR) is 89.9 cm³/mol. The van der Waals surface area contributed by atoms with E-state index in [-0.39, 0.29) is 6.61 Å². The number of pyridine rings is 1. The summed E-state index contributed by atoms with van der Waals surface area (Å²) in [6.45, 7) is 2.02. The Balaban J connectivity index is 1.48. The summed E-state index contributed by atoms with van der Waals surface area (Å²) >= 11 is 0. The molecule has 3 aromatic heterocycles. The molecule has 130 valence electrons. The van der Waals surface area contributed by atoms with Crippen LogP contribution >= 0.6 is 0 Å². The average molecular weight is 340 g/mol. The van der Waals surface area contributed by atoms with E-state index in [1.807, 2.05) is 11.6 Å². The molecule has 1 aliphatic rings. The number of hydrogen-bond donors (Lipinski definition) is 1. The van der Waals surface area contributed by atoms with Gasteiger partial charge in [0.1, 0.15) is 0 Å². The van der Waals surface area contributed by atoms with Crippen molar-refractivity contribution in [3.63, 3.8) is 0 Å². The molecule has 8 heteroatoms. The third-order valence-corrected chi connectivity index (χ3v) is 4.57. The first kappa shape index (κ1) is 15.7. The van der Waals surface area contributed by atoms with Crippen LogP contribution in [0.4, 0.5) is 0 Å². The number of carbonyl (C=O) groups is 1. The lowest BCUT2D eigenvalue weighted by Crippen LogP contribution is -2.09. The Morgan fingerprint density at radius 1 is 1.36 bits per heavy atom. The number of aromatic nitrogens is 6. The summed E-state index contributed by atoms with van der Waals surface area (Å²) in [4.78, 5) is 20.9. The minimum atomic E-state index is -0.433. The molecule has 0 amide bonds. The zero-order valence-corrected chi connectivity index (χ0v) is 14.1. The van der Waals surface area contributed by atoms with E-state index in [4.69, 9.17) is 4.74 Å². The van der Waals surface area contributed by atoms with Crippen molar-refractivity contribution in [2.45, 2.75) is 51.7 Å². The third-order valence-electron chi connectivity index (χ3n) is 4.57. The molecular formula is C17H20N6O2. The maximum Gasteiger partial charge on any atom is 0.340 e. The van der Waals surface area contributed by atoms with Crippen molar-refractivity contribution in [2.75, 3.05) is 0 Å². The van der Waals surface area contributed by atoms with E-state index in [0.29, 0.717) is 23.3 Å². The molecule has 0 spiro atoms.